The van der Waals surface area contributed by atoms with Gasteiger partial charge in [0.2, 0.25) is 0 Å². The first kappa shape index (κ1) is 17.5. The van der Waals surface area contributed by atoms with Gasteiger partial charge in [-0.3, -0.25) is 0 Å². The Morgan fingerprint density at radius 1 is 1.04 bits per heavy atom. The molecule has 2 aromatic rings. The topological polar surface area (TPSA) is 69.9 Å². The molecule has 0 aliphatic carbocycles. The van der Waals surface area contributed by atoms with E-state index < -0.39 is 24.4 Å². The molecular formula is C21H20O4. The van der Waals surface area contributed by atoms with Gasteiger partial charge in [0, 0.05) is 17.5 Å². The van der Waals surface area contributed by atoms with Gasteiger partial charge in [0.05, 0.1) is 18.8 Å². The van der Waals surface area contributed by atoms with Gasteiger partial charge in [0.25, 0.3) is 0 Å². The lowest BCUT2D eigenvalue weighted by Crippen LogP contribution is -2.48. The summed E-state index contributed by atoms with van der Waals surface area (Å²) in [6, 6.07) is 11.7. The smallest absolute Gasteiger partial charge is 0.147 e. The van der Waals surface area contributed by atoms with E-state index in [1.807, 2.05) is 36.4 Å². The SMILES string of the molecule is CC#Cc1cccc2c(C#C[C@H]3O[C@H](CO)C[C@H](O)[C@@H]3O)cccc12. The van der Waals surface area contributed by atoms with Gasteiger partial charge in [-0.15, -0.1) is 5.92 Å². The van der Waals surface area contributed by atoms with Crippen LogP contribution in [-0.4, -0.2) is 46.3 Å². The van der Waals surface area contributed by atoms with E-state index in [-0.39, 0.29) is 13.0 Å². The number of hydrogen-bond donors (Lipinski definition) is 3. The summed E-state index contributed by atoms with van der Waals surface area (Å²) in [6.07, 6.45) is -3.20. The minimum atomic E-state index is -1.09. The highest BCUT2D eigenvalue weighted by atomic mass is 16.5. The maximum Gasteiger partial charge on any atom is 0.147 e. The molecule has 4 nitrogen and oxygen atoms in total. The molecule has 1 aliphatic heterocycles. The molecule has 0 amide bonds. The molecule has 1 fully saturated rings. The number of ether oxygens (including phenoxy) is 1. The van der Waals surface area contributed by atoms with Crippen LogP contribution in [0.5, 0.6) is 0 Å². The van der Waals surface area contributed by atoms with Crippen molar-refractivity contribution in [3.63, 3.8) is 0 Å². The third-order valence-corrected chi connectivity index (χ3v) is 4.28. The molecule has 0 spiro atoms. The van der Waals surface area contributed by atoms with Gasteiger partial charge in [0.15, 0.2) is 0 Å². The second kappa shape index (κ2) is 7.70. The summed E-state index contributed by atoms with van der Waals surface area (Å²) in [5, 5.41) is 31.2. The molecule has 0 saturated carbocycles. The maximum atomic E-state index is 10.1. The molecule has 0 unspecified atom stereocenters. The maximum absolute atomic E-state index is 10.1. The predicted molar refractivity (Wildman–Crippen MR) is 95.8 cm³/mol. The van der Waals surface area contributed by atoms with E-state index in [1.54, 1.807) is 6.92 Å². The van der Waals surface area contributed by atoms with E-state index in [1.165, 1.54) is 0 Å². The highest BCUT2D eigenvalue weighted by Gasteiger charge is 2.35. The van der Waals surface area contributed by atoms with Crippen molar-refractivity contribution in [3.8, 4) is 23.7 Å². The zero-order chi connectivity index (χ0) is 17.8. The van der Waals surface area contributed by atoms with Crippen LogP contribution in [-0.2, 0) is 4.74 Å². The molecule has 4 atom stereocenters. The molecule has 4 heteroatoms. The lowest BCUT2D eigenvalue weighted by molar-refractivity contribution is -0.156. The van der Waals surface area contributed by atoms with Crippen LogP contribution in [0, 0.1) is 23.7 Å². The van der Waals surface area contributed by atoms with Crippen LogP contribution in [0.4, 0.5) is 0 Å². The van der Waals surface area contributed by atoms with Crippen molar-refractivity contribution in [2.75, 3.05) is 6.61 Å². The van der Waals surface area contributed by atoms with Gasteiger partial charge < -0.3 is 20.1 Å². The van der Waals surface area contributed by atoms with E-state index in [9.17, 15) is 15.3 Å². The van der Waals surface area contributed by atoms with Crippen LogP contribution < -0.4 is 0 Å². The predicted octanol–water partition coefficient (Wildman–Crippen LogP) is 1.43. The highest BCUT2D eigenvalue weighted by Crippen LogP contribution is 2.23. The summed E-state index contributed by atoms with van der Waals surface area (Å²) < 4.78 is 5.56. The number of aliphatic hydroxyl groups is 3. The summed E-state index contributed by atoms with van der Waals surface area (Å²) in [4.78, 5) is 0. The van der Waals surface area contributed by atoms with Gasteiger partial charge in [-0.1, -0.05) is 42.0 Å². The number of hydrogen-bond acceptors (Lipinski definition) is 4. The number of fused-ring (bicyclic) bond motifs is 1. The third-order valence-electron chi connectivity index (χ3n) is 4.28. The Labute approximate surface area is 147 Å². The van der Waals surface area contributed by atoms with Crippen LogP contribution >= 0.6 is 0 Å². The highest BCUT2D eigenvalue weighted by molar-refractivity contribution is 5.92. The van der Waals surface area contributed by atoms with Crippen molar-refractivity contribution in [1.82, 2.24) is 0 Å². The minimum absolute atomic E-state index is 0.198. The monoisotopic (exact) mass is 336 g/mol. The standard InChI is InChI=1S/C21H20O4/c1-2-5-14-6-3-9-18-15(7-4-8-17(14)18)10-11-20-21(24)19(23)12-16(13-22)25-20/h3-4,6-9,16,19-24H,12-13H2,1H3/t16-,19-,20+,21-/m0/s1. The Morgan fingerprint density at radius 2 is 1.68 bits per heavy atom. The molecular weight excluding hydrogens is 316 g/mol. The molecule has 0 radical (unpaired) electrons. The number of rotatable bonds is 1. The van der Waals surface area contributed by atoms with Gasteiger partial charge in [0.1, 0.15) is 12.2 Å². The quantitative estimate of drug-likeness (QED) is 0.689. The van der Waals surface area contributed by atoms with Gasteiger partial charge >= 0.3 is 0 Å². The Kier molecular flexibility index (Phi) is 5.38. The Balaban J connectivity index is 1.97. The van der Waals surface area contributed by atoms with Crippen molar-refractivity contribution >= 4 is 10.8 Å². The summed E-state index contributed by atoms with van der Waals surface area (Å²) >= 11 is 0. The molecule has 3 N–H and O–H groups in total. The van der Waals surface area contributed by atoms with Crippen LogP contribution in [0.2, 0.25) is 0 Å². The fourth-order valence-corrected chi connectivity index (χ4v) is 3.00. The molecule has 3 rings (SSSR count). The van der Waals surface area contributed by atoms with E-state index in [0.717, 1.165) is 21.9 Å². The first-order valence-electron chi connectivity index (χ1n) is 8.22. The fourth-order valence-electron chi connectivity index (χ4n) is 3.00. The first-order chi connectivity index (χ1) is 12.1. The zero-order valence-electron chi connectivity index (χ0n) is 13.9. The minimum Gasteiger partial charge on any atom is -0.394 e. The summed E-state index contributed by atoms with van der Waals surface area (Å²) in [5.74, 6) is 11.9. The van der Waals surface area contributed by atoms with E-state index in [0.29, 0.717) is 0 Å². The molecule has 0 bridgehead atoms. The molecule has 1 aliphatic rings. The molecule has 2 aromatic carbocycles. The molecule has 1 saturated heterocycles. The van der Waals surface area contributed by atoms with Crippen LogP contribution in [0.3, 0.4) is 0 Å². The largest absolute Gasteiger partial charge is 0.394 e. The van der Waals surface area contributed by atoms with Crippen LogP contribution in [0.1, 0.15) is 24.5 Å². The number of benzene rings is 2. The van der Waals surface area contributed by atoms with Gasteiger partial charge in [-0.2, -0.15) is 0 Å². The van der Waals surface area contributed by atoms with Gasteiger partial charge in [-0.05, 0) is 29.8 Å². The molecule has 1 heterocycles. The molecule has 128 valence electrons. The first-order valence-corrected chi connectivity index (χ1v) is 8.22. The second-order valence-electron chi connectivity index (χ2n) is 6.01. The Morgan fingerprint density at radius 3 is 2.28 bits per heavy atom. The van der Waals surface area contributed by atoms with E-state index >= 15 is 0 Å². The third kappa shape index (κ3) is 3.69. The van der Waals surface area contributed by atoms with E-state index in [4.69, 9.17) is 4.74 Å². The number of aliphatic hydroxyl groups excluding tert-OH is 3. The normalized spacial score (nSPS) is 25.6. The lowest BCUT2D eigenvalue weighted by Gasteiger charge is -2.33. The molecule has 25 heavy (non-hydrogen) atoms. The van der Waals surface area contributed by atoms with Crippen molar-refractivity contribution in [2.24, 2.45) is 0 Å². The summed E-state index contributed by atoms with van der Waals surface area (Å²) in [5.41, 5.74) is 1.74. The van der Waals surface area contributed by atoms with Crippen molar-refractivity contribution < 1.29 is 20.1 Å². The van der Waals surface area contributed by atoms with Crippen molar-refractivity contribution in [2.45, 2.75) is 37.8 Å². The summed E-state index contributed by atoms with van der Waals surface area (Å²) in [7, 11) is 0. The fraction of sp³-hybridized carbons (Fsp3) is 0.333. The Hall–Kier alpha value is -2.34. The lowest BCUT2D eigenvalue weighted by atomic mass is 9.97. The average Bonchev–Trinajstić information content (AvgIpc) is 2.63. The Bertz CT molecular complexity index is 881. The van der Waals surface area contributed by atoms with Gasteiger partial charge in [-0.25, -0.2) is 0 Å². The van der Waals surface area contributed by atoms with Crippen LogP contribution in [0.25, 0.3) is 10.8 Å². The zero-order valence-corrected chi connectivity index (χ0v) is 13.9. The molecule has 0 aromatic heterocycles. The summed E-state index contributed by atoms with van der Waals surface area (Å²) in [6.45, 7) is 1.59. The van der Waals surface area contributed by atoms with Crippen molar-refractivity contribution in [3.05, 3.63) is 47.5 Å². The van der Waals surface area contributed by atoms with Crippen molar-refractivity contribution in [1.29, 1.82) is 0 Å². The van der Waals surface area contributed by atoms with Crippen LogP contribution in [0.15, 0.2) is 36.4 Å². The average molecular weight is 336 g/mol. The second-order valence-corrected chi connectivity index (χ2v) is 6.01. The van der Waals surface area contributed by atoms with E-state index in [2.05, 4.69) is 23.7 Å².